The fourth-order valence-electron chi connectivity index (χ4n) is 3.68. The number of carbonyl (C=O) groups is 1. The number of sulfone groups is 1. The zero-order valence-electron chi connectivity index (χ0n) is 17.5. The largest absolute Gasteiger partial charge is 0.480 e. The number of aromatic nitrogens is 2. The van der Waals surface area contributed by atoms with Crippen LogP contribution in [0.3, 0.4) is 0 Å². The van der Waals surface area contributed by atoms with Crippen molar-refractivity contribution in [2.24, 2.45) is 0 Å². The minimum Gasteiger partial charge on any atom is -0.480 e. The highest BCUT2D eigenvalue weighted by molar-refractivity contribution is 7.90. The van der Waals surface area contributed by atoms with Gasteiger partial charge in [-0.25, -0.2) is 8.42 Å². The average molecular weight is 461 g/mol. The molecule has 0 spiro atoms. The van der Waals surface area contributed by atoms with Crippen LogP contribution in [-0.4, -0.2) is 35.5 Å². The van der Waals surface area contributed by atoms with Crippen LogP contribution in [0.5, 0.6) is 0 Å². The van der Waals surface area contributed by atoms with Gasteiger partial charge in [-0.3, -0.25) is 9.48 Å². The Morgan fingerprint density at radius 3 is 2.48 bits per heavy atom. The molecular formula is C23H25ClN2O4S. The molecule has 31 heavy (non-hydrogen) atoms. The van der Waals surface area contributed by atoms with Gasteiger partial charge in [0.15, 0.2) is 9.84 Å². The maximum atomic E-state index is 11.3. The van der Waals surface area contributed by atoms with Crippen LogP contribution in [0.4, 0.5) is 0 Å². The molecule has 164 valence electrons. The first-order chi connectivity index (χ1) is 14.7. The number of carboxylic acids is 1. The molecule has 0 saturated heterocycles. The maximum absolute atomic E-state index is 11.3. The van der Waals surface area contributed by atoms with E-state index in [1.807, 2.05) is 24.4 Å². The monoisotopic (exact) mass is 460 g/mol. The van der Waals surface area contributed by atoms with Gasteiger partial charge in [0.2, 0.25) is 0 Å². The molecule has 6 nitrogen and oxygen atoms in total. The fraction of sp³-hybridized carbons (Fsp3) is 0.304. The summed E-state index contributed by atoms with van der Waals surface area (Å²) in [7, 11) is -3.14. The van der Waals surface area contributed by atoms with Gasteiger partial charge in [-0.15, -0.1) is 0 Å². The minimum absolute atomic E-state index is 0.0119. The van der Waals surface area contributed by atoms with E-state index in [-0.39, 0.29) is 6.54 Å². The Bertz CT molecular complexity index is 1170. The van der Waals surface area contributed by atoms with Gasteiger partial charge in [0.25, 0.3) is 0 Å². The van der Waals surface area contributed by atoms with Gasteiger partial charge in [0, 0.05) is 22.5 Å². The first-order valence-corrected chi connectivity index (χ1v) is 12.2. The lowest BCUT2D eigenvalue weighted by molar-refractivity contribution is -0.137. The summed E-state index contributed by atoms with van der Waals surface area (Å²) in [5.41, 5.74) is 4.15. The molecule has 4 rings (SSSR count). The van der Waals surface area contributed by atoms with E-state index in [4.69, 9.17) is 16.7 Å². The predicted molar refractivity (Wildman–Crippen MR) is 121 cm³/mol. The standard InChI is InChI=1S/C13H11ClO2S.C10H14N2O2/c1-17(15,16)11-8-6-10(7-9-11)12-4-2-3-5-13(12)14;1-7-3-2-4-9-8(7)5-11-12(9)6-10(13)14/h2-9H,1H3;5,7H,2-4,6H2,1H3,(H,13,14). The summed E-state index contributed by atoms with van der Waals surface area (Å²) in [6.07, 6.45) is 6.30. The molecule has 0 bridgehead atoms. The summed E-state index contributed by atoms with van der Waals surface area (Å²) < 4.78 is 24.3. The van der Waals surface area contributed by atoms with E-state index >= 15 is 0 Å². The summed E-state index contributed by atoms with van der Waals surface area (Å²) >= 11 is 6.07. The third kappa shape index (κ3) is 5.74. The highest BCUT2D eigenvalue weighted by Gasteiger charge is 2.21. The SMILES string of the molecule is CC1CCCc2c1cnn2CC(=O)O.CS(=O)(=O)c1ccc(-c2ccccc2Cl)cc1. The Labute approximate surface area is 187 Å². The highest BCUT2D eigenvalue weighted by Crippen LogP contribution is 2.30. The van der Waals surface area contributed by atoms with E-state index in [0.29, 0.717) is 15.8 Å². The van der Waals surface area contributed by atoms with E-state index in [1.54, 1.807) is 35.0 Å². The smallest absolute Gasteiger partial charge is 0.325 e. The van der Waals surface area contributed by atoms with Gasteiger partial charge in [-0.1, -0.05) is 48.9 Å². The second-order valence-corrected chi connectivity index (χ2v) is 10.1. The first kappa shape index (κ1) is 23.0. The number of halogens is 1. The van der Waals surface area contributed by atoms with Gasteiger partial charge < -0.3 is 5.11 Å². The van der Waals surface area contributed by atoms with E-state index in [9.17, 15) is 13.2 Å². The normalized spacial score (nSPS) is 15.5. The quantitative estimate of drug-likeness (QED) is 0.603. The molecule has 1 aromatic heterocycles. The Hall–Kier alpha value is -2.64. The zero-order chi connectivity index (χ0) is 22.6. The number of rotatable bonds is 4. The van der Waals surface area contributed by atoms with E-state index < -0.39 is 15.8 Å². The fourth-order valence-corrected chi connectivity index (χ4v) is 4.56. The molecule has 1 unspecified atom stereocenters. The van der Waals surface area contributed by atoms with Crippen molar-refractivity contribution in [1.82, 2.24) is 9.78 Å². The van der Waals surface area contributed by atoms with Crippen molar-refractivity contribution in [2.75, 3.05) is 6.26 Å². The number of hydrogen-bond donors (Lipinski definition) is 1. The lowest BCUT2D eigenvalue weighted by Crippen LogP contribution is -2.16. The summed E-state index contributed by atoms with van der Waals surface area (Å²) in [6, 6.07) is 14.2. The van der Waals surface area contributed by atoms with Crippen molar-refractivity contribution < 1.29 is 18.3 Å². The Kier molecular flexibility index (Phi) is 7.18. The van der Waals surface area contributed by atoms with Crippen LogP contribution >= 0.6 is 11.6 Å². The van der Waals surface area contributed by atoms with E-state index in [0.717, 1.165) is 29.7 Å². The van der Waals surface area contributed by atoms with Crippen LogP contribution in [0.1, 0.15) is 36.9 Å². The number of fused-ring (bicyclic) bond motifs is 1. The van der Waals surface area contributed by atoms with E-state index in [1.165, 1.54) is 18.2 Å². The lowest BCUT2D eigenvalue weighted by atomic mass is 9.89. The summed E-state index contributed by atoms with van der Waals surface area (Å²) in [4.78, 5) is 10.9. The highest BCUT2D eigenvalue weighted by atomic mass is 35.5. The van der Waals surface area contributed by atoms with Crippen molar-refractivity contribution in [3.05, 3.63) is 71.0 Å². The van der Waals surface area contributed by atoms with Crippen LogP contribution in [0.25, 0.3) is 11.1 Å². The molecule has 8 heteroatoms. The van der Waals surface area contributed by atoms with E-state index in [2.05, 4.69) is 12.0 Å². The molecule has 0 aliphatic heterocycles. The molecule has 1 atom stereocenters. The van der Waals surface area contributed by atoms with Crippen LogP contribution in [0.15, 0.2) is 59.6 Å². The van der Waals surface area contributed by atoms with Crippen LogP contribution in [-0.2, 0) is 27.6 Å². The molecule has 1 N–H and O–H groups in total. The van der Waals surface area contributed by atoms with Gasteiger partial charge >= 0.3 is 5.97 Å². The number of nitrogens with zero attached hydrogens (tertiary/aromatic N) is 2. The Balaban J connectivity index is 0.000000179. The summed E-state index contributed by atoms with van der Waals surface area (Å²) in [5.74, 6) is -0.296. The van der Waals surface area contributed by atoms with Gasteiger partial charge in [-0.05, 0) is 54.5 Å². The molecule has 1 aliphatic carbocycles. The maximum Gasteiger partial charge on any atom is 0.325 e. The topological polar surface area (TPSA) is 89.3 Å². The molecule has 1 heterocycles. The number of carboxylic acid groups (broad SMARTS) is 1. The van der Waals surface area contributed by atoms with Gasteiger partial charge in [-0.2, -0.15) is 5.10 Å². The number of aliphatic carboxylic acids is 1. The molecule has 0 saturated carbocycles. The van der Waals surface area contributed by atoms with Crippen LogP contribution in [0, 0.1) is 0 Å². The van der Waals surface area contributed by atoms with Crippen molar-refractivity contribution in [3.8, 4) is 11.1 Å². The second kappa shape index (κ2) is 9.66. The molecule has 3 aromatic rings. The Morgan fingerprint density at radius 2 is 1.87 bits per heavy atom. The average Bonchev–Trinajstić information content (AvgIpc) is 3.12. The molecule has 0 radical (unpaired) electrons. The third-order valence-corrected chi connectivity index (χ3v) is 6.77. The Morgan fingerprint density at radius 1 is 1.19 bits per heavy atom. The second-order valence-electron chi connectivity index (χ2n) is 7.67. The predicted octanol–water partition coefficient (Wildman–Crippen LogP) is 4.82. The van der Waals surface area contributed by atoms with Gasteiger partial charge in [0.1, 0.15) is 6.54 Å². The summed E-state index contributed by atoms with van der Waals surface area (Å²) in [6.45, 7) is 2.16. The molecule has 0 amide bonds. The van der Waals surface area contributed by atoms with Gasteiger partial charge in [0.05, 0.1) is 11.1 Å². The molecular weight excluding hydrogens is 436 g/mol. The van der Waals surface area contributed by atoms with Crippen LogP contribution in [0.2, 0.25) is 5.02 Å². The number of hydrogen-bond acceptors (Lipinski definition) is 4. The van der Waals surface area contributed by atoms with Crippen molar-refractivity contribution >= 4 is 27.4 Å². The molecule has 1 aliphatic rings. The first-order valence-electron chi connectivity index (χ1n) is 9.98. The lowest BCUT2D eigenvalue weighted by Gasteiger charge is -2.18. The van der Waals surface area contributed by atoms with Crippen LogP contribution < -0.4 is 0 Å². The summed E-state index contributed by atoms with van der Waals surface area (Å²) in [5, 5.41) is 13.5. The molecule has 2 aromatic carbocycles. The third-order valence-electron chi connectivity index (χ3n) is 5.31. The zero-order valence-corrected chi connectivity index (χ0v) is 19.0. The minimum atomic E-state index is -3.14. The van der Waals surface area contributed by atoms with Crippen molar-refractivity contribution in [2.45, 2.75) is 43.5 Å². The number of benzene rings is 2. The van der Waals surface area contributed by atoms with Crippen molar-refractivity contribution in [3.63, 3.8) is 0 Å². The molecule has 0 fully saturated rings. The van der Waals surface area contributed by atoms with Crippen molar-refractivity contribution in [1.29, 1.82) is 0 Å².